The number of carbonyl (C=O) groups is 1. The molecule has 2 aromatic carbocycles. The fraction of sp³-hybridized carbons (Fsp3) is 0.350. The Balaban J connectivity index is 2.51. The van der Waals surface area contributed by atoms with Crippen molar-refractivity contribution in [3.63, 3.8) is 0 Å². The number of methoxy groups -OCH3 is 1. The van der Waals surface area contributed by atoms with Crippen molar-refractivity contribution in [2.75, 3.05) is 7.11 Å². The zero-order chi connectivity index (χ0) is 17.0. The molecule has 0 aliphatic rings. The Hall–Kier alpha value is -1.87. The number of allylic oxidation sites excluding steroid dienone is 1. The van der Waals surface area contributed by atoms with Gasteiger partial charge in [0.05, 0.1) is 21.1 Å². The highest BCUT2D eigenvalue weighted by Crippen LogP contribution is 2.24. The van der Waals surface area contributed by atoms with Crippen molar-refractivity contribution in [2.24, 2.45) is 5.92 Å². The number of hydrogen-bond donors (Lipinski definition) is 0. The Kier molecular flexibility index (Phi) is 5.42. The number of carbonyl (C=O) groups excluding carboxylic acids is 1. The molecule has 23 heavy (non-hydrogen) atoms. The third-order valence-electron chi connectivity index (χ3n) is 4.53. The van der Waals surface area contributed by atoms with Crippen molar-refractivity contribution in [1.82, 2.24) is 0 Å². The van der Waals surface area contributed by atoms with Gasteiger partial charge in [0, 0.05) is 0 Å². The molecule has 0 saturated carbocycles. The molecule has 0 bridgehead atoms. The third kappa shape index (κ3) is 3.73. The Bertz CT molecular complexity index is 719. The summed E-state index contributed by atoms with van der Waals surface area (Å²) in [7, 11) is -0.0973. The van der Waals surface area contributed by atoms with Crippen LogP contribution in [0.5, 0.6) is 0 Å². The second-order valence-electron chi connectivity index (χ2n) is 6.82. The molecule has 3 heteroatoms. The zero-order valence-corrected chi connectivity index (χ0v) is 15.6. The SMILES string of the molecule is C=CC[Si](C)(C)c1ccc(CC(C)C(=O)OC)c2ccccc12. The summed E-state index contributed by atoms with van der Waals surface area (Å²) >= 11 is 0. The monoisotopic (exact) mass is 326 g/mol. The molecule has 0 saturated heterocycles. The predicted octanol–water partition coefficient (Wildman–Crippen LogP) is 4.29. The van der Waals surface area contributed by atoms with E-state index in [1.54, 1.807) is 0 Å². The second-order valence-corrected chi connectivity index (χ2v) is 11.5. The van der Waals surface area contributed by atoms with Crippen LogP contribution in [0.25, 0.3) is 10.8 Å². The largest absolute Gasteiger partial charge is 0.469 e. The highest BCUT2D eigenvalue weighted by Gasteiger charge is 2.25. The van der Waals surface area contributed by atoms with Crippen LogP contribution in [-0.4, -0.2) is 21.2 Å². The quantitative estimate of drug-likeness (QED) is 0.449. The average molecular weight is 327 g/mol. The van der Waals surface area contributed by atoms with E-state index in [9.17, 15) is 4.79 Å². The van der Waals surface area contributed by atoms with Crippen molar-refractivity contribution in [2.45, 2.75) is 32.5 Å². The molecule has 0 N–H and O–H groups in total. The Morgan fingerprint density at radius 1 is 1.22 bits per heavy atom. The maximum absolute atomic E-state index is 11.7. The number of ether oxygens (including phenoxy) is 1. The maximum atomic E-state index is 11.7. The minimum Gasteiger partial charge on any atom is -0.469 e. The molecule has 0 amide bonds. The lowest BCUT2D eigenvalue weighted by molar-refractivity contribution is -0.144. The number of esters is 1. The summed E-state index contributed by atoms with van der Waals surface area (Å²) in [5.74, 6) is -0.285. The van der Waals surface area contributed by atoms with Gasteiger partial charge in [-0.1, -0.05) is 67.7 Å². The van der Waals surface area contributed by atoms with Crippen molar-refractivity contribution in [3.05, 3.63) is 54.6 Å². The molecular weight excluding hydrogens is 300 g/mol. The van der Waals surface area contributed by atoms with Gasteiger partial charge >= 0.3 is 5.97 Å². The summed E-state index contributed by atoms with van der Waals surface area (Å²) in [6, 6.07) is 14.0. The lowest BCUT2D eigenvalue weighted by atomic mass is 9.96. The van der Waals surface area contributed by atoms with Gasteiger partial charge in [-0.15, -0.1) is 6.58 Å². The summed E-state index contributed by atoms with van der Waals surface area (Å²) in [5, 5.41) is 4.04. The minimum atomic E-state index is -1.55. The Labute approximate surface area is 140 Å². The van der Waals surface area contributed by atoms with Crippen molar-refractivity contribution >= 4 is 30.0 Å². The third-order valence-corrected chi connectivity index (χ3v) is 7.73. The first-order chi connectivity index (χ1) is 10.9. The van der Waals surface area contributed by atoms with Crippen LogP contribution in [0, 0.1) is 5.92 Å². The van der Waals surface area contributed by atoms with Gasteiger partial charge in [0.25, 0.3) is 0 Å². The van der Waals surface area contributed by atoms with Crippen LogP contribution in [-0.2, 0) is 16.0 Å². The molecule has 0 spiro atoms. The summed E-state index contributed by atoms with van der Waals surface area (Å²) in [6.07, 6.45) is 2.74. The Morgan fingerprint density at radius 3 is 2.48 bits per heavy atom. The van der Waals surface area contributed by atoms with Crippen molar-refractivity contribution < 1.29 is 9.53 Å². The van der Waals surface area contributed by atoms with Crippen LogP contribution in [0.3, 0.4) is 0 Å². The smallest absolute Gasteiger partial charge is 0.308 e. The van der Waals surface area contributed by atoms with Crippen LogP contribution in [0.4, 0.5) is 0 Å². The molecule has 2 rings (SSSR count). The van der Waals surface area contributed by atoms with Gasteiger partial charge in [-0.25, -0.2) is 0 Å². The molecule has 0 aliphatic carbocycles. The van der Waals surface area contributed by atoms with Gasteiger partial charge in [0.15, 0.2) is 0 Å². The fourth-order valence-corrected chi connectivity index (χ4v) is 5.64. The molecule has 2 nitrogen and oxygen atoms in total. The number of fused-ring (bicyclic) bond motifs is 1. The first-order valence-corrected chi connectivity index (χ1v) is 11.3. The molecule has 1 unspecified atom stereocenters. The molecule has 122 valence electrons. The molecule has 0 heterocycles. The normalized spacial score (nSPS) is 12.9. The molecule has 0 aromatic heterocycles. The summed E-state index contributed by atoms with van der Waals surface area (Å²) in [5.41, 5.74) is 1.21. The van der Waals surface area contributed by atoms with Crippen LogP contribution < -0.4 is 5.19 Å². The number of hydrogen-bond acceptors (Lipinski definition) is 2. The van der Waals surface area contributed by atoms with Gasteiger partial charge < -0.3 is 4.74 Å². The molecular formula is C20H26O2Si. The van der Waals surface area contributed by atoms with E-state index in [1.807, 2.05) is 13.0 Å². The zero-order valence-electron chi connectivity index (χ0n) is 14.6. The first kappa shape index (κ1) is 17.5. The first-order valence-electron chi connectivity index (χ1n) is 8.10. The molecule has 1 atom stereocenters. The second kappa shape index (κ2) is 7.13. The van der Waals surface area contributed by atoms with E-state index in [0.29, 0.717) is 6.42 Å². The standard InChI is InChI=1S/C20H26O2Si/c1-6-13-23(4,5)19-12-11-16(14-15(2)20(21)22-3)17-9-7-8-10-18(17)19/h6-12,15H,1,13-14H2,2-5H3. The van der Waals surface area contributed by atoms with E-state index in [4.69, 9.17) is 4.74 Å². The van der Waals surface area contributed by atoms with E-state index < -0.39 is 8.07 Å². The molecule has 0 fully saturated rings. The summed E-state index contributed by atoms with van der Waals surface area (Å²) < 4.78 is 4.86. The highest BCUT2D eigenvalue weighted by atomic mass is 28.3. The van der Waals surface area contributed by atoms with Crippen molar-refractivity contribution in [1.29, 1.82) is 0 Å². The van der Waals surface area contributed by atoms with Crippen molar-refractivity contribution in [3.8, 4) is 0 Å². The average Bonchev–Trinajstić information content (AvgIpc) is 2.54. The van der Waals surface area contributed by atoms with Gasteiger partial charge in [-0.2, -0.15) is 0 Å². The van der Waals surface area contributed by atoms with Crippen LogP contribution in [0.15, 0.2) is 49.1 Å². The maximum Gasteiger partial charge on any atom is 0.308 e. The van der Waals surface area contributed by atoms with Gasteiger partial charge in [0.2, 0.25) is 0 Å². The van der Waals surface area contributed by atoms with Crippen LogP contribution >= 0.6 is 0 Å². The van der Waals surface area contributed by atoms with Gasteiger partial charge in [-0.3, -0.25) is 4.79 Å². The predicted molar refractivity (Wildman–Crippen MR) is 101 cm³/mol. The van der Waals surface area contributed by atoms with Crippen LogP contribution in [0.2, 0.25) is 19.1 Å². The topological polar surface area (TPSA) is 26.3 Å². The molecule has 2 aromatic rings. The summed E-state index contributed by atoms with van der Waals surface area (Å²) in [4.78, 5) is 11.7. The molecule has 0 radical (unpaired) electrons. The summed E-state index contributed by atoms with van der Waals surface area (Å²) in [6.45, 7) is 10.6. The van der Waals surface area contributed by atoms with Gasteiger partial charge in [-0.05, 0) is 28.8 Å². The Morgan fingerprint density at radius 2 is 1.87 bits per heavy atom. The van der Waals surface area contributed by atoms with E-state index in [1.165, 1.54) is 28.6 Å². The lowest BCUT2D eigenvalue weighted by Gasteiger charge is -2.24. The van der Waals surface area contributed by atoms with E-state index in [0.717, 1.165) is 6.04 Å². The lowest BCUT2D eigenvalue weighted by Crippen LogP contribution is -2.41. The van der Waals surface area contributed by atoms with Gasteiger partial charge in [0.1, 0.15) is 0 Å². The molecule has 0 aliphatic heterocycles. The number of rotatable bonds is 6. The van der Waals surface area contributed by atoms with Crippen LogP contribution in [0.1, 0.15) is 12.5 Å². The fourth-order valence-electron chi connectivity index (χ4n) is 3.21. The van der Waals surface area contributed by atoms with E-state index >= 15 is 0 Å². The minimum absolute atomic E-state index is 0.132. The van der Waals surface area contributed by atoms with E-state index in [2.05, 4.69) is 56.1 Å². The van der Waals surface area contributed by atoms with E-state index in [-0.39, 0.29) is 11.9 Å². The highest BCUT2D eigenvalue weighted by molar-refractivity contribution is 6.91. The number of benzene rings is 2.